The van der Waals surface area contributed by atoms with Gasteiger partial charge in [0.2, 0.25) is 15.9 Å². The fourth-order valence-corrected chi connectivity index (χ4v) is 5.11. The fourth-order valence-electron chi connectivity index (χ4n) is 3.47. The minimum Gasteiger partial charge on any atom is -0.495 e. The highest BCUT2D eigenvalue weighted by molar-refractivity contribution is 7.89. The van der Waals surface area contributed by atoms with Crippen LogP contribution >= 0.6 is 11.6 Å². The van der Waals surface area contributed by atoms with E-state index < -0.39 is 16.1 Å². The molecule has 162 valence electrons. The molecule has 0 radical (unpaired) electrons. The molecule has 7 nitrogen and oxygen atoms in total. The molecule has 1 saturated heterocycles. The third-order valence-corrected chi connectivity index (χ3v) is 6.87. The number of hydrogen-bond donors (Lipinski definition) is 1. The van der Waals surface area contributed by atoms with E-state index in [0.717, 1.165) is 11.3 Å². The number of anilines is 1. The molecule has 0 spiro atoms. The Kier molecular flexibility index (Phi) is 6.90. The fraction of sp³-hybridized carbons (Fsp3) is 0.381. The molecule has 1 aliphatic heterocycles. The lowest BCUT2D eigenvalue weighted by Crippen LogP contribution is -2.54. The van der Waals surface area contributed by atoms with Crippen molar-refractivity contribution in [2.24, 2.45) is 0 Å². The first-order valence-electron chi connectivity index (χ1n) is 9.67. The van der Waals surface area contributed by atoms with Gasteiger partial charge in [0.1, 0.15) is 10.6 Å². The number of hydrogen-bond acceptors (Lipinski definition) is 5. The van der Waals surface area contributed by atoms with E-state index >= 15 is 0 Å². The summed E-state index contributed by atoms with van der Waals surface area (Å²) in [6.07, 6.45) is 0. The SMILES string of the molecule is COc1ccc(C)cc1S(=O)(=O)N[C@H](C)C(=O)N1CCN(c2cccc(Cl)c2)CC1. The molecule has 0 saturated carbocycles. The Bertz CT molecular complexity index is 1020. The number of nitrogens with zero attached hydrogens (tertiary/aromatic N) is 2. The second-order valence-electron chi connectivity index (χ2n) is 7.29. The van der Waals surface area contributed by atoms with Crippen molar-refractivity contribution in [3.8, 4) is 5.75 Å². The predicted octanol–water partition coefficient (Wildman–Crippen LogP) is 2.67. The summed E-state index contributed by atoms with van der Waals surface area (Å²) in [5, 5.41) is 0.667. The predicted molar refractivity (Wildman–Crippen MR) is 118 cm³/mol. The van der Waals surface area contributed by atoms with Gasteiger partial charge in [-0.2, -0.15) is 4.72 Å². The molecular weight excluding hydrogens is 426 g/mol. The quantitative estimate of drug-likeness (QED) is 0.730. The van der Waals surface area contributed by atoms with Gasteiger partial charge in [-0.15, -0.1) is 0 Å². The van der Waals surface area contributed by atoms with E-state index in [-0.39, 0.29) is 16.6 Å². The maximum absolute atomic E-state index is 12.9. The first kappa shape index (κ1) is 22.4. The number of aryl methyl sites for hydroxylation is 1. The minimum atomic E-state index is -3.91. The van der Waals surface area contributed by atoms with Crippen LogP contribution in [0.15, 0.2) is 47.4 Å². The summed E-state index contributed by atoms with van der Waals surface area (Å²) in [4.78, 5) is 16.7. The molecule has 2 aromatic carbocycles. The van der Waals surface area contributed by atoms with E-state index in [1.54, 1.807) is 30.9 Å². The van der Waals surface area contributed by atoms with E-state index in [1.807, 2.05) is 24.3 Å². The van der Waals surface area contributed by atoms with Gasteiger partial charge in [-0.1, -0.05) is 23.7 Å². The van der Waals surface area contributed by atoms with Crippen LogP contribution in [0.4, 0.5) is 5.69 Å². The van der Waals surface area contributed by atoms with Crippen molar-refractivity contribution in [3.05, 3.63) is 53.1 Å². The Labute approximate surface area is 182 Å². The van der Waals surface area contributed by atoms with Crippen molar-refractivity contribution in [2.75, 3.05) is 38.2 Å². The molecule has 9 heteroatoms. The van der Waals surface area contributed by atoms with Crippen molar-refractivity contribution >= 4 is 33.2 Å². The highest BCUT2D eigenvalue weighted by atomic mass is 35.5. The number of sulfonamides is 1. The van der Waals surface area contributed by atoms with Gasteiger partial charge in [0, 0.05) is 36.9 Å². The number of halogens is 1. The van der Waals surface area contributed by atoms with E-state index in [2.05, 4.69) is 9.62 Å². The van der Waals surface area contributed by atoms with Crippen LogP contribution in [0.1, 0.15) is 12.5 Å². The minimum absolute atomic E-state index is 0.0235. The Morgan fingerprint density at radius 1 is 1.13 bits per heavy atom. The van der Waals surface area contributed by atoms with Crippen molar-refractivity contribution < 1.29 is 17.9 Å². The topological polar surface area (TPSA) is 78.9 Å². The molecule has 2 aromatic rings. The molecule has 1 N–H and O–H groups in total. The highest BCUT2D eigenvalue weighted by Crippen LogP contribution is 2.25. The maximum Gasteiger partial charge on any atom is 0.244 e. The van der Waals surface area contributed by atoms with Crippen LogP contribution in [-0.4, -0.2) is 58.6 Å². The third-order valence-electron chi connectivity index (χ3n) is 5.08. The molecule has 1 heterocycles. The van der Waals surface area contributed by atoms with E-state index in [1.165, 1.54) is 13.2 Å². The van der Waals surface area contributed by atoms with E-state index in [9.17, 15) is 13.2 Å². The van der Waals surface area contributed by atoms with Gasteiger partial charge in [0.05, 0.1) is 13.2 Å². The van der Waals surface area contributed by atoms with Gasteiger partial charge in [0.15, 0.2) is 0 Å². The van der Waals surface area contributed by atoms with E-state index in [0.29, 0.717) is 31.2 Å². The Morgan fingerprint density at radius 3 is 2.47 bits per heavy atom. The lowest BCUT2D eigenvalue weighted by molar-refractivity contribution is -0.132. The standard InChI is InChI=1S/C21H26ClN3O4S/c1-15-7-8-19(29-3)20(13-15)30(27,28)23-16(2)21(26)25-11-9-24(10-12-25)18-6-4-5-17(22)14-18/h4-8,13-14,16,23H,9-12H2,1-3H3/t16-/m1/s1. The van der Waals surface area contributed by atoms with E-state index in [4.69, 9.17) is 16.3 Å². The lowest BCUT2D eigenvalue weighted by Gasteiger charge is -2.37. The zero-order valence-corrected chi connectivity index (χ0v) is 18.8. The first-order chi connectivity index (χ1) is 14.2. The molecule has 1 atom stereocenters. The molecule has 1 aliphatic rings. The number of ether oxygens (including phenoxy) is 1. The summed E-state index contributed by atoms with van der Waals surface area (Å²) in [6, 6.07) is 11.6. The summed E-state index contributed by atoms with van der Waals surface area (Å²) in [5.74, 6) is -0.0150. The molecule has 0 bridgehead atoms. The number of carbonyl (C=O) groups is 1. The normalized spacial score (nSPS) is 15.7. The summed E-state index contributed by atoms with van der Waals surface area (Å²) >= 11 is 6.06. The largest absolute Gasteiger partial charge is 0.495 e. The Hall–Kier alpha value is -2.29. The zero-order valence-electron chi connectivity index (χ0n) is 17.3. The molecule has 1 amide bonds. The van der Waals surface area contributed by atoms with Gasteiger partial charge in [-0.3, -0.25) is 4.79 Å². The van der Waals surface area contributed by atoms with Crippen molar-refractivity contribution in [1.29, 1.82) is 0 Å². The van der Waals surface area contributed by atoms with Crippen molar-refractivity contribution in [1.82, 2.24) is 9.62 Å². The summed E-state index contributed by atoms with van der Waals surface area (Å²) in [7, 11) is -2.50. The van der Waals surface area contributed by atoms with Crippen LogP contribution in [0.2, 0.25) is 5.02 Å². The van der Waals surface area contributed by atoms with Crippen LogP contribution in [-0.2, 0) is 14.8 Å². The summed E-state index contributed by atoms with van der Waals surface area (Å²) in [5.41, 5.74) is 1.79. The second kappa shape index (κ2) is 9.24. The number of nitrogens with one attached hydrogen (secondary N) is 1. The third kappa shape index (κ3) is 5.06. The summed E-state index contributed by atoms with van der Waals surface area (Å²) < 4.78 is 33.4. The van der Waals surface area contributed by atoms with Gasteiger partial charge in [-0.05, 0) is 49.7 Å². The van der Waals surface area contributed by atoms with Crippen molar-refractivity contribution in [2.45, 2.75) is 24.8 Å². The smallest absolute Gasteiger partial charge is 0.244 e. The molecule has 3 rings (SSSR count). The van der Waals surface area contributed by atoms with Crippen molar-refractivity contribution in [3.63, 3.8) is 0 Å². The zero-order chi connectivity index (χ0) is 21.9. The number of benzene rings is 2. The van der Waals surface area contributed by atoms with Gasteiger partial charge < -0.3 is 14.5 Å². The second-order valence-corrected chi connectivity index (χ2v) is 9.41. The highest BCUT2D eigenvalue weighted by Gasteiger charge is 2.29. The molecule has 1 fully saturated rings. The number of carbonyl (C=O) groups excluding carboxylic acids is 1. The maximum atomic E-state index is 12.9. The molecule has 0 unspecified atom stereocenters. The van der Waals surface area contributed by atoms with Crippen LogP contribution in [0, 0.1) is 6.92 Å². The van der Waals surface area contributed by atoms with Crippen LogP contribution in [0.5, 0.6) is 5.75 Å². The Balaban J connectivity index is 1.64. The molecule has 0 aliphatic carbocycles. The molecule has 30 heavy (non-hydrogen) atoms. The van der Waals surface area contributed by atoms with Gasteiger partial charge >= 0.3 is 0 Å². The summed E-state index contributed by atoms with van der Waals surface area (Å²) in [6.45, 7) is 5.67. The number of piperazine rings is 1. The molecule has 0 aromatic heterocycles. The Morgan fingerprint density at radius 2 is 1.83 bits per heavy atom. The van der Waals surface area contributed by atoms with Crippen LogP contribution in [0.3, 0.4) is 0 Å². The lowest BCUT2D eigenvalue weighted by atomic mass is 10.2. The van der Waals surface area contributed by atoms with Gasteiger partial charge in [-0.25, -0.2) is 8.42 Å². The monoisotopic (exact) mass is 451 g/mol. The number of methoxy groups -OCH3 is 1. The first-order valence-corrected chi connectivity index (χ1v) is 11.5. The molecular formula is C21H26ClN3O4S. The van der Waals surface area contributed by atoms with Crippen LogP contribution in [0.25, 0.3) is 0 Å². The number of rotatable bonds is 6. The van der Waals surface area contributed by atoms with Gasteiger partial charge in [0.25, 0.3) is 0 Å². The van der Waals surface area contributed by atoms with Crippen LogP contribution < -0.4 is 14.4 Å². The average molecular weight is 452 g/mol. The average Bonchev–Trinajstić information content (AvgIpc) is 2.73. The number of amides is 1.